The van der Waals surface area contributed by atoms with E-state index >= 15 is 0 Å². The summed E-state index contributed by atoms with van der Waals surface area (Å²) in [4.78, 5) is 39.7. The van der Waals surface area contributed by atoms with Crippen LogP contribution < -0.4 is 5.32 Å². The average molecular weight is 397 g/mol. The van der Waals surface area contributed by atoms with E-state index in [0.29, 0.717) is 17.9 Å². The molecule has 0 aromatic carbocycles. The number of rotatable bonds is 6. The molecule has 3 heterocycles. The maximum atomic E-state index is 12.4. The van der Waals surface area contributed by atoms with Crippen molar-refractivity contribution in [2.45, 2.75) is 50.1 Å². The lowest BCUT2D eigenvalue weighted by Gasteiger charge is -2.46. The molecule has 0 unspecified atom stereocenters. The molecule has 9 heteroatoms. The molecule has 0 saturated carbocycles. The first-order valence-electron chi connectivity index (χ1n) is 9.22. The Morgan fingerprint density at radius 3 is 2.63 bits per heavy atom. The largest absolute Gasteiger partial charge is 0.477 e. The number of nitrogens with one attached hydrogen (secondary N) is 1. The molecule has 8 nitrogen and oxygen atoms in total. The maximum Gasteiger partial charge on any atom is 0.353 e. The van der Waals surface area contributed by atoms with E-state index in [2.05, 4.69) is 5.32 Å². The highest BCUT2D eigenvalue weighted by Crippen LogP contribution is 2.51. The van der Waals surface area contributed by atoms with E-state index in [0.717, 1.165) is 6.42 Å². The Bertz CT molecular complexity index is 692. The molecule has 0 aliphatic carbocycles. The highest BCUT2D eigenvalue weighted by molar-refractivity contribution is 8.03. The standard InChI is InChI=1S/C18H27N3O5S/c1-8-14-13(9(2)22)17(24)21(14)15(18(25)26)16(8)27-11-5-10(19-7-11)6-12(23)20(3)4/h8-11,13-14,19,22H,5-7H2,1-4H3,(H,25,26)/t8-,9-,10+,11+,13-,14-/m1/s1. The summed E-state index contributed by atoms with van der Waals surface area (Å²) in [6.07, 6.45) is 0.392. The molecular weight excluding hydrogens is 370 g/mol. The molecule has 3 rings (SSSR count). The van der Waals surface area contributed by atoms with Crippen LogP contribution in [-0.2, 0) is 14.4 Å². The van der Waals surface area contributed by atoms with E-state index in [1.54, 1.807) is 25.9 Å². The molecule has 150 valence electrons. The number of aliphatic carboxylic acids is 1. The number of hydrogen-bond acceptors (Lipinski definition) is 6. The Labute approximate surface area is 163 Å². The van der Waals surface area contributed by atoms with Gasteiger partial charge in [0.05, 0.1) is 18.1 Å². The molecule has 2 amide bonds. The first-order chi connectivity index (χ1) is 12.6. The fourth-order valence-corrected chi connectivity index (χ4v) is 5.80. The Morgan fingerprint density at radius 2 is 2.07 bits per heavy atom. The zero-order valence-corrected chi connectivity index (χ0v) is 16.8. The van der Waals surface area contributed by atoms with Crippen LogP contribution in [0.3, 0.4) is 0 Å². The molecule has 2 saturated heterocycles. The monoisotopic (exact) mass is 397 g/mol. The van der Waals surface area contributed by atoms with Crippen LogP contribution >= 0.6 is 11.8 Å². The van der Waals surface area contributed by atoms with Crippen molar-refractivity contribution >= 4 is 29.5 Å². The van der Waals surface area contributed by atoms with Gasteiger partial charge in [0.1, 0.15) is 5.70 Å². The molecule has 0 bridgehead atoms. The van der Waals surface area contributed by atoms with Crippen molar-refractivity contribution in [3.8, 4) is 0 Å². The predicted molar refractivity (Wildman–Crippen MR) is 101 cm³/mol. The lowest BCUT2D eigenvalue weighted by atomic mass is 9.79. The average Bonchev–Trinajstić information content (AvgIpc) is 3.09. The van der Waals surface area contributed by atoms with Crippen LogP contribution in [0.15, 0.2) is 10.6 Å². The molecule has 0 aromatic rings. The minimum atomic E-state index is -1.10. The van der Waals surface area contributed by atoms with Crippen molar-refractivity contribution in [3.05, 3.63) is 10.6 Å². The number of carbonyl (C=O) groups is 3. The van der Waals surface area contributed by atoms with Gasteiger partial charge < -0.3 is 25.3 Å². The number of fused-ring (bicyclic) bond motifs is 1. The summed E-state index contributed by atoms with van der Waals surface area (Å²) in [6.45, 7) is 4.19. The summed E-state index contributed by atoms with van der Waals surface area (Å²) >= 11 is 1.50. The van der Waals surface area contributed by atoms with Crippen LogP contribution in [0.25, 0.3) is 0 Å². The number of thioether (sulfide) groups is 1. The number of nitrogens with zero attached hydrogens (tertiary/aromatic N) is 2. The summed E-state index contributed by atoms with van der Waals surface area (Å²) in [5, 5.41) is 23.1. The second kappa shape index (κ2) is 7.44. The summed E-state index contributed by atoms with van der Waals surface area (Å²) in [5.41, 5.74) is 0.0622. The normalized spacial score (nSPS) is 33.7. The summed E-state index contributed by atoms with van der Waals surface area (Å²) in [6, 6.07) is -0.210. The highest BCUT2D eigenvalue weighted by atomic mass is 32.2. The Balaban J connectivity index is 1.72. The summed E-state index contributed by atoms with van der Waals surface area (Å²) in [5.74, 6) is -2.02. The molecule has 2 fully saturated rings. The van der Waals surface area contributed by atoms with E-state index in [4.69, 9.17) is 0 Å². The predicted octanol–water partition coefficient (Wildman–Crippen LogP) is 0.0821. The quantitative estimate of drug-likeness (QED) is 0.545. The summed E-state index contributed by atoms with van der Waals surface area (Å²) in [7, 11) is 3.46. The molecule has 3 aliphatic heterocycles. The maximum absolute atomic E-state index is 12.4. The molecule has 3 aliphatic rings. The second-order valence-electron chi connectivity index (χ2n) is 7.84. The van der Waals surface area contributed by atoms with Crippen molar-refractivity contribution in [1.82, 2.24) is 15.1 Å². The first kappa shape index (κ1) is 20.2. The lowest BCUT2D eigenvalue weighted by Crippen LogP contribution is -2.63. The molecule has 6 atom stereocenters. The van der Waals surface area contributed by atoms with E-state index in [9.17, 15) is 24.6 Å². The van der Waals surface area contributed by atoms with Gasteiger partial charge in [0.2, 0.25) is 11.8 Å². The third-order valence-electron chi connectivity index (χ3n) is 5.71. The Morgan fingerprint density at radius 1 is 1.41 bits per heavy atom. The van der Waals surface area contributed by atoms with Crippen molar-refractivity contribution in [1.29, 1.82) is 0 Å². The van der Waals surface area contributed by atoms with Crippen molar-refractivity contribution in [2.75, 3.05) is 20.6 Å². The number of hydrogen-bond donors (Lipinski definition) is 3. The number of amides is 2. The van der Waals surface area contributed by atoms with Crippen LogP contribution in [-0.4, -0.2) is 81.9 Å². The van der Waals surface area contributed by atoms with Crippen molar-refractivity contribution in [3.63, 3.8) is 0 Å². The van der Waals surface area contributed by atoms with Gasteiger partial charge in [-0.3, -0.25) is 9.59 Å². The van der Waals surface area contributed by atoms with Crippen LogP contribution in [0, 0.1) is 11.8 Å². The number of aliphatic hydroxyl groups is 1. The molecule has 0 spiro atoms. The van der Waals surface area contributed by atoms with E-state index in [1.807, 2.05) is 6.92 Å². The number of carboxylic acids is 1. The van der Waals surface area contributed by atoms with Crippen LogP contribution in [0.5, 0.6) is 0 Å². The van der Waals surface area contributed by atoms with Gasteiger partial charge in [-0.05, 0) is 13.3 Å². The van der Waals surface area contributed by atoms with Gasteiger partial charge >= 0.3 is 5.97 Å². The van der Waals surface area contributed by atoms with Crippen LogP contribution in [0.1, 0.15) is 26.7 Å². The smallest absolute Gasteiger partial charge is 0.353 e. The molecule has 0 aromatic heterocycles. The van der Waals surface area contributed by atoms with E-state index in [1.165, 1.54) is 16.7 Å². The number of carboxylic acid groups (broad SMARTS) is 1. The third kappa shape index (κ3) is 3.48. The minimum Gasteiger partial charge on any atom is -0.477 e. The SMILES string of the molecule is C[C@@H](O)[C@H]1C(=O)N2C(C(=O)O)=C(S[C@@H]3CN[C@H](CC(=O)N(C)C)C3)[C@H](C)[C@H]12. The Hall–Kier alpha value is -1.58. The van der Waals surface area contributed by atoms with Gasteiger partial charge in [-0.1, -0.05) is 6.92 Å². The van der Waals surface area contributed by atoms with Crippen LogP contribution in [0.2, 0.25) is 0 Å². The first-order valence-corrected chi connectivity index (χ1v) is 10.1. The van der Waals surface area contributed by atoms with Gasteiger partial charge in [-0.25, -0.2) is 4.79 Å². The van der Waals surface area contributed by atoms with Gasteiger partial charge in [-0.15, -0.1) is 11.8 Å². The van der Waals surface area contributed by atoms with Gasteiger partial charge in [0.25, 0.3) is 0 Å². The van der Waals surface area contributed by atoms with Gasteiger partial charge in [0.15, 0.2) is 0 Å². The van der Waals surface area contributed by atoms with Crippen molar-refractivity contribution < 1.29 is 24.6 Å². The molecule has 3 N–H and O–H groups in total. The number of carbonyl (C=O) groups excluding carboxylic acids is 2. The molecule has 0 radical (unpaired) electrons. The van der Waals surface area contributed by atoms with Gasteiger partial charge in [-0.2, -0.15) is 0 Å². The second-order valence-corrected chi connectivity index (χ2v) is 9.19. The number of β-lactam (4-membered cyclic amide) rings is 1. The fourth-order valence-electron chi connectivity index (χ4n) is 4.28. The van der Waals surface area contributed by atoms with E-state index < -0.39 is 18.0 Å². The molecular formula is C18H27N3O5S. The minimum absolute atomic E-state index is 0.0622. The fraction of sp³-hybridized carbons (Fsp3) is 0.722. The lowest BCUT2D eigenvalue weighted by molar-refractivity contribution is -0.163. The topological polar surface area (TPSA) is 110 Å². The van der Waals surface area contributed by atoms with E-state index in [-0.39, 0.29) is 40.8 Å². The Kier molecular flexibility index (Phi) is 5.56. The van der Waals surface area contributed by atoms with Gasteiger partial charge in [0, 0.05) is 49.2 Å². The van der Waals surface area contributed by atoms with Crippen LogP contribution in [0.4, 0.5) is 0 Å². The highest BCUT2D eigenvalue weighted by Gasteiger charge is 2.60. The van der Waals surface area contributed by atoms with Crippen molar-refractivity contribution in [2.24, 2.45) is 11.8 Å². The third-order valence-corrected chi connectivity index (χ3v) is 7.22. The molecule has 27 heavy (non-hydrogen) atoms. The zero-order chi connectivity index (χ0) is 20.0. The number of aliphatic hydroxyl groups excluding tert-OH is 1. The summed E-state index contributed by atoms with van der Waals surface area (Å²) < 4.78 is 0. The zero-order valence-electron chi connectivity index (χ0n) is 16.0.